The van der Waals surface area contributed by atoms with Gasteiger partial charge in [-0.05, 0) is 19.4 Å². The lowest BCUT2D eigenvalue weighted by Gasteiger charge is -2.37. The van der Waals surface area contributed by atoms with Crippen molar-refractivity contribution in [1.29, 1.82) is 0 Å². The highest BCUT2D eigenvalue weighted by atomic mass is 16.5. The molecule has 11 heavy (non-hydrogen) atoms. The summed E-state index contributed by atoms with van der Waals surface area (Å²) in [6.45, 7) is 3.21. The van der Waals surface area contributed by atoms with Crippen molar-refractivity contribution in [2.45, 2.75) is 24.9 Å². The minimum absolute atomic E-state index is 0.316. The normalized spacial score (nSPS) is 34.1. The number of aliphatic hydroxyl groups is 1. The minimum atomic E-state index is 0.316. The summed E-state index contributed by atoms with van der Waals surface area (Å²) in [6, 6.07) is 1.03. The van der Waals surface area contributed by atoms with E-state index in [1.165, 1.54) is 6.42 Å². The van der Waals surface area contributed by atoms with Crippen molar-refractivity contribution < 1.29 is 9.84 Å². The van der Waals surface area contributed by atoms with Crippen molar-refractivity contribution in [3.05, 3.63) is 0 Å². The van der Waals surface area contributed by atoms with Gasteiger partial charge in [0.2, 0.25) is 0 Å². The van der Waals surface area contributed by atoms with Crippen LogP contribution in [0.2, 0.25) is 0 Å². The molecule has 2 aliphatic rings. The maximum Gasteiger partial charge on any atom is 0.0645 e. The fraction of sp³-hybridized carbons (Fsp3) is 1.00. The second-order valence-corrected chi connectivity index (χ2v) is 3.41. The van der Waals surface area contributed by atoms with Crippen molar-refractivity contribution in [1.82, 2.24) is 4.90 Å². The van der Waals surface area contributed by atoms with Crippen LogP contribution in [0.3, 0.4) is 0 Å². The Morgan fingerprint density at radius 2 is 2.27 bits per heavy atom. The molecule has 0 aromatic carbocycles. The van der Waals surface area contributed by atoms with E-state index < -0.39 is 0 Å². The lowest BCUT2D eigenvalue weighted by Crippen LogP contribution is -2.51. The molecule has 0 radical (unpaired) electrons. The van der Waals surface area contributed by atoms with Crippen molar-refractivity contribution >= 4 is 0 Å². The number of ether oxygens (including phenoxy) is 1. The van der Waals surface area contributed by atoms with Gasteiger partial charge in [-0.1, -0.05) is 0 Å². The molecule has 2 heterocycles. The number of likely N-dealkylation sites (tertiary alicyclic amines) is 1. The Balaban J connectivity index is 1.89. The Kier molecular flexibility index (Phi) is 2.11. The van der Waals surface area contributed by atoms with Gasteiger partial charge < -0.3 is 9.84 Å². The van der Waals surface area contributed by atoms with Gasteiger partial charge in [0, 0.05) is 6.04 Å². The Morgan fingerprint density at radius 1 is 1.45 bits per heavy atom. The molecule has 0 aromatic heterocycles. The molecule has 0 amide bonds. The van der Waals surface area contributed by atoms with Gasteiger partial charge in [-0.25, -0.2) is 0 Å². The van der Waals surface area contributed by atoms with E-state index in [0.29, 0.717) is 18.7 Å². The Labute approximate surface area is 66.9 Å². The predicted molar refractivity (Wildman–Crippen MR) is 41.4 cm³/mol. The maximum atomic E-state index is 9.02. The molecule has 1 unspecified atom stereocenters. The van der Waals surface area contributed by atoms with E-state index >= 15 is 0 Å². The SMILES string of the molecule is OCC1CCCN1C1COC1. The van der Waals surface area contributed by atoms with Gasteiger partial charge in [-0.3, -0.25) is 4.90 Å². The van der Waals surface area contributed by atoms with Crippen molar-refractivity contribution in [2.75, 3.05) is 26.4 Å². The van der Waals surface area contributed by atoms with E-state index in [9.17, 15) is 0 Å². The molecular formula is C8H15NO2. The Morgan fingerprint density at radius 3 is 2.82 bits per heavy atom. The molecule has 0 aliphatic carbocycles. The van der Waals surface area contributed by atoms with Gasteiger partial charge in [0.15, 0.2) is 0 Å². The molecular weight excluding hydrogens is 142 g/mol. The summed E-state index contributed by atoms with van der Waals surface area (Å²) in [5.74, 6) is 0. The van der Waals surface area contributed by atoms with E-state index in [2.05, 4.69) is 4.90 Å². The molecule has 64 valence electrons. The second kappa shape index (κ2) is 3.09. The molecule has 3 heteroatoms. The van der Waals surface area contributed by atoms with E-state index in [1.807, 2.05) is 0 Å². The number of rotatable bonds is 2. The monoisotopic (exact) mass is 157 g/mol. The molecule has 0 saturated carbocycles. The zero-order valence-electron chi connectivity index (χ0n) is 6.70. The Bertz CT molecular complexity index is 136. The van der Waals surface area contributed by atoms with Crippen molar-refractivity contribution in [3.8, 4) is 0 Å². The summed E-state index contributed by atoms with van der Waals surface area (Å²) in [4.78, 5) is 2.39. The van der Waals surface area contributed by atoms with Gasteiger partial charge in [0.1, 0.15) is 0 Å². The summed E-state index contributed by atoms with van der Waals surface area (Å²) >= 11 is 0. The van der Waals surface area contributed by atoms with Crippen LogP contribution in [0.5, 0.6) is 0 Å². The zero-order chi connectivity index (χ0) is 7.68. The van der Waals surface area contributed by atoms with Crippen LogP contribution in [0.25, 0.3) is 0 Å². The topological polar surface area (TPSA) is 32.7 Å². The predicted octanol–water partition coefficient (Wildman–Crippen LogP) is -0.158. The third kappa shape index (κ3) is 1.28. The first kappa shape index (κ1) is 7.53. The van der Waals surface area contributed by atoms with E-state index in [0.717, 1.165) is 26.2 Å². The highest BCUT2D eigenvalue weighted by molar-refractivity contribution is 4.87. The summed E-state index contributed by atoms with van der Waals surface area (Å²) in [7, 11) is 0. The number of hydrogen-bond acceptors (Lipinski definition) is 3. The number of nitrogens with zero attached hydrogens (tertiary/aromatic N) is 1. The van der Waals surface area contributed by atoms with Crippen LogP contribution in [-0.4, -0.2) is 48.5 Å². The molecule has 2 aliphatic heterocycles. The van der Waals surface area contributed by atoms with Gasteiger partial charge in [0.05, 0.1) is 25.9 Å². The summed E-state index contributed by atoms with van der Waals surface area (Å²) in [5, 5.41) is 9.02. The average Bonchev–Trinajstić information content (AvgIpc) is 2.32. The molecule has 0 spiro atoms. The first-order chi connectivity index (χ1) is 5.42. The highest BCUT2D eigenvalue weighted by Crippen LogP contribution is 2.22. The lowest BCUT2D eigenvalue weighted by molar-refractivity contribution is -0.0742. The lowest BCUT2D eigenvalue weighted by atomic mass is 10.2. The summed E-state index contributed by atoms with van der Waals surface area (Å²) in [6.07, 6.45) is 2.40. The number of aliphatic hydroxyl groups excluding tert-OH is 1. The fourth-order valence-electron chi connectivity index (χ4n) is 1.95. The highest BCUT2D eigenvalue weighted by Gasteiger charge is 2.33. The zero-order valence-corrected chi connectivity index (χ0v) is 6.70. The number of hydrogen-bond donors (Lipinski definition) is 1. The van der Waals surface area contributed by atoms with Crippen LogP contribution in [0.1, 0.15) is 12.8 Å². The quantitative estimate of drug-likeness (QED) is 0.604. The summed E-state index contributed by atoms with van der Waals surface area (Å²) in [5.41, 5.74) is 0. The fourth-order valence-corrected chi connectivity index (χ4v) is 1.95. The van der Waals surface area contributed by atoms with E-state index in [-0.39, 0.29) is 0 Å². The molecule has 1 atom stereocenters. The molecule has 0 bridgehead atoms. The first-order valence-electron chi connectivity index (χ1n) is 4.36. The van der Waals surface area contributed by atoms with Gasteiger partial charge >= 0.3 is 0 Å². The maximum absolute atomic E-state index is 9.02. The van der Waals surface area contributed by atoms with Gasteiger partial charge in [0.25, 0.3) is 0 Å². The first-order valence-corrected chi connectivity index (χ1v) is 4.36. The third-order valence-corrected chi connectivity index (χ3v) is 2.72. The smallest absolute Gasteiger partial charge is 0.0645 e. The standard InChI is InChI=1S/C8H15NO2/c10-4-7-2-1-3-9(7)8-5-11-6-8/h7-8,10H,1-6H2. The average molecular weight is 157 g/mol. The van der Waals surface area contributed by atoms with Gasteiger partial charge in [-0.15, -0.1) is 0 Å². The molecule has 2 fully saturated rings. The van der Waals surface area contributed by atoms with Crippen LogP contribution in [-0.2, 0) is 4.74 Å². The minimum Gasteiger partial charge on any atom is -0.395 e. The molecule has 2 saturated heterocycles. The van der Waals surface area contributed by atoms with Crippen molar-refractivity contribution in [2.24, 2.45) is 0 Å². The van der Waals surface area contributed by atoms with Crippen LogP contribution >= 0.6 is 0 Å². The Hall–Kier alpha value is -0.120. The molecule has 1 N–H and O–H groups in total. The second-order valence-electron chi connectivity index (χ2n) is 3.41. The van der Waals surface area contributed by atoms with E-state index in [4.69, 9.17) is 9.84 Å². The summed E-state index contributed by atoms with van der Waals surface area (Å²) < 4.78 is 5.12. The van der Waals surface area contributed by atoms with Crippen LogP contribution in [0, 0.1) is 0 Å². The van der Waals surface area contributed by atoms with Gasteiger partial charge in [-0.2, -0.15) is 0 Å². The van der Waals surface area contributed by atoms with E-state index in [1.54, 1.807) is 0 Å². The third-order valence-electron chi connectivity index (χ3n) is 2.72. The largest absolute Gasteiger partial charge is 0.395 e. The molecule has 0 aromatic rings. The molecule has 3 nitrogen and oxygen atoms in total. The van der Waals surface area contributed by atoms with Crippen LogP contribution in [0.4, 0.5) is 0 Å². The molecule has 2 rings (SSSR count). The van der Waals surface area contributed by atoms with Crippen LogP contribution in [0.15, 0.2) is 0 Å². The van der Waals surface area contributed by atoms with Crippen molar-refractivity contribution in [3.63, 3.8) is 0 Å². The van der Waals surface area contributed by atoms with Crippen LogP contribution < -0.4 is 0 Å².